The lowest BCUT2D eigenvalue weighted by Crippen LogP contribution is -2.11. The van der Waals surface area contributed by atoms with Crippen LogP contribution in [0.2, 0.25) is 5.02 Å². The maximum Gasteiger partial charge on any atom is 0.255 e. The van der Waals surface area contributed by atoms with E-state index in [0.29, 0.717) is 21.4 Å². The first-order valence-electron chi connectivity index (χ1n) is 9.86. The number of anilines is 1. The molecule has 0 saturated carbocycles. The van der Waals surface area contributed by atoms with Crippen LogP contribution < -0.4 is 5.32 Å². The van der Waals surface area contributed by atoms with Crippen LogP contribution in [0.5, 0.6) is 0 Å². The van der Waals surface area contributed by atoms with Crippen LogP contribution >= 0.6 is 23.4 Å². The van der Waals surface area contributed by atoms with Gasteiger partial charge in [-0.15, -0.1) is 10.2 Å². The maximum absolute atomic E-state index is 12.5. The van der Waals surface area contributed by atoms with Crippen LogP contribution in [-0.4, -0.2) is 27.0 Å². The molecule has 0 fully saturated rings. The van der Waals surface area contributed by atoms with Crippen molar-refractivity contribution >= 4 is 41.2 Å². The third kappa shape index (κ3) is 5.84. The van der Waals surface area contributed by atoms with Crippen molar-refractivity contribution in [2.45, 2.75) is 17.8 Å². The van der Waals surface area contributed by atoms with E-state index >= 15 is 0 Å². The average Bonchev–Trinajstić information content (AvgIpc) is 3.25. The molecule has 0 saturated heterocycles. The van der Waals surface area contributed by atoms with Crippen LogP contribution in [0.3, 0.4) is 0 Å². The molecule has 1 amide bonds. The van der Waals surface area contributed by atoms with Crippen LogP contribution in [-0.2, 0) is 5.75 Å². The minimum absolute atomic E-state index is 0.154. The maximum atomic E-state index is 12.5. The van der Waals surface area contributed by atoms with Gasteiger partial charge in [-0.05, 0) is 54.4 Å². The minimum Gasteiger partial charge on any atom is -0.322 e. The number of nitrogens with zero attached hydrogens (tertiary/aromatic N) is 4. The number of nitrogens with one attached hydrogen (secondary N) is 1. The topological polar surface area (TPSA) is 72.2 Å². The fraction of sp³-hybridized carbons (Fsp3) is 0.0833. The van der Waals surface area contributed by atoms with Crippen molar-refractivity contribution in [3.63, 3.8) is 0 Å². The van der Waals surface area contributed by atoms with E-state index in [1.165, 1.54) is 11.8 Å². The number of carbonyl (C=O) groups excluding carboxylic acids is 1. The van der Waals surface area contributed by atoms with Crippen LogP contribution in [0.1, 0.15) is 27.0 Å². The number of halogens is 1. The lowest BCUT2D eigenvalue weighted by atomic mass is 10.1. The van der Waals surface area contributed by atoms with Crippen LogP contribution in [0.15, 0.2) is 89.4 Å². The molecule has 6 nitrogen and oxygen atoms in total. The van der Waals surface area contributed by atoms with E-state index in [4.69, 9.17) is 11.6 Å². The van der Waals surface area contributed by atoms with Crippen molar-refractivity contribution in [3.05, 3.63) is 106 Å². The summed E-state index contributed by atoms with van der Waals surface area (Å²) in [4.78, 5) is 12.5. The molecule has 160 valence electrons. The van der Waals surface area contributed by atoms with Gasteiger partial charge in [0.25, 0.3) is 5.91 Å². The Balaban J connectivity index is 1.41. The van der Waals surface area contributed by atoms with Crippen LogP contribution in [0.4, 0.5) is 5.69 Å². The number of benzene rings is 3. The lowest BCUT2D eigenvalue weighted by Gasteiger charge is -2.06. The minimum atomic E-state index is -0.154. The number of aryl methyl sites for hydroxylation is 1. The van der Waals surface area contributed by atoms with E-state index in [0.717, 1.165) is 22.4 Å². The molecule has 3 aromatic carbocycles. The van der Waals surface area contributed by atoms with E-state index < -0.39 is 0 Å². The first-order chi connectivity index (χ1) is 15.6. The second kappa shape index (κ2) is 10.3. The Morgan fingerprint density at radius 2 is 1.91 bits per heavy atom. The Kier molecular flexibility index (Phi) is 6.99. The molecule has 0 unspecified atom stereocenters. The molecule has 0 aliphatic carbocycles. The summed E-state index contributed by atoms with van der Waals surface area (Å²) >= 11 is 7.47. The second-order valence-corrected chi connectivity index (χ2v) is 8.44. The molecule has 0 aliphatic rings. The highest BCUT2D eigenvalue weighted by Crippen LogP contribution is 2.21. The Morgan fingerprint density at radius 3 is 2.69 bits per heavy atom. The van der Waals surface area contributed by atoms with Crippen LogP contribution in [0.25, 0.3) is 0 Å². The van der Waals surface area contributed by atoms with Gasteiger partial charge in [0.15, 0.2) is 0 Å². The van der Waals surface area contributed by atoms with Gasteiger partial charge in [0, 0.05) is 22.0 Å². The zero-order valence-electron chi connectivity index (χ0n) is 17.3. The Morgan fingerprint density at radius 1 is 1.12 bits per heavy atom. The highest BCUT2D eigenvalue weighted by molar-refractivity contribution is 7.98. The molecular weight excluding hydrogens is 442 g/mol. The standard InChI is InChI=1S/C24H20ClN5OS/c1-17-5-9-20(10-6-17)23(31)28-22-4-2-3-19(13-22)14-27-30-16-26-29-24(30)32-15-18-7-11-21(25)12-8-18/h2-14,16H,15H2,1H3,(H,28,31)/b27-14+. The van der Waals surface area contributed by atoms with Crippen molar-refractivity contribution in [1.29, 1.82) is 0 Å². The first kappa shape index (κ1) is 21.8. The van der Waals surface area contributed by atoms with Gasteiger partial charge in [0.1, 0.15) is 6.33 Å². The molecule has 1 N–H and O–H groups in total. The third-order valence-electron chi connectivity index (χ3n) is 4.57. The van der Waals surface area contributed by atoms with Gasteiger partial charge >= 0.3 is 0 Å². The highest BCUT2D eigenvalue weighted by Gasteiger charge is 2.07. The summed E-state index contributed by atoms with van der Waals surface area (Å²) in [6, 6.07) is 22.6. The summed E-state index contributed by atoms with van der Waals surface area (Å²) in [5.74, 6) is 0.574. The SMILES string of the molecule is Cc1ccc(C(=O)Nc2cccc(/C=N/n3cnnc3SCc3ccc(Cl)cc3)c2)cc1. The van der Waals surface area contributed by atoms with E-state index in [1.807, 2.05) is 79.7 Å². The van der Waals surface area contributed by atoms with Gasteiger partial charge in [-0.3, -0.25) is 4.79 Å². The Bertz CT molecular complexity index is 1240. The van der Waals surface area contributed by atoms with E-state index in [-0.39, 0.29) is 5.91 Å². The zero-order chi connectivity index (χ0) is 22.3. The smallest absolute Gasteiger partial charge is 0.255 e. The molecule has 0 atom stereocenters. The summed E-state index contributed by atoms with van der Waals surface area (Å²) in [5, 5.41) is 16.9. The number of carbonyl (C=O) groups is 1. The van der Waals surface area contributed by atoms with Crippen LogP contribution in [0, 0.1) is 6.92 Å². The summed E-state index contributed by atoms with van der Waals surface area (Å²) in [6.45, 7) is 1.99. The number of hydrogen-bond acceptors (Lipinski definition) is 5. The number of amides is 1. The number of rotatable bonds is 7. The van der Waals surface area contributed by atoms with E-state index in [2.05, 4.69) is 20.6 Å². The molecule has 4 rings (SSSR count). The van der Waals surface area contributed by atoms with Crippen molar-refractivity contribution in [2.75, 3.05) is 5.32 Å². The van der Waals surface area contributed by atoms with Gasteiger partial charge < -0.3 is 5.32 Å². The summed E-state index contributed by atoms with van der Waals surface area (Å²) in [7, 11) is 0. The first-order valence-corrected chi connectivity index (χ1v) is 11.2. The van der Waals surface area contributed by atoms with Gasteiger partial charge in [-0.25, -0.2) is 0 Å². The molecule has 1 aromatic heterocycles. The number of hydrogen-bond donors (Lipinski definition) is 1. The van der Waals surface area contributed by atoms with Crippen molar-refractivity contribution in [1.82, 2.24) is 14.9 Å². The van der Waals surface area contributed by atoms with E-state index in [9.17, 15) is 4.79 Å². The fourth-order valence-electron chi connectivity index (χ4n) is 2.86. The molecule has 0 radical (unpaired) electrons. The predicted octanol–water partition coefficient (Wildman–Crippen LogP) is 5.67. The summed E-state index contributed by atoms with van der Waals surface area (Å²) in [5.41, 5.74) is 4.39. The van der Waals surface area contributed by atoms with Gasteiger partial charge in [0.05, 0.1) is 6.21 Å². The quantitative estimate of drug-likeness (QED) is 0.284. The molecule has 32 heavy (non-hydrogen) atoms. The lowest BCUT2D eigenvalue weighted by molar-refractivity contribution is 0.102. The average molecular weight is 462 g/mol. The normalized spacial score (nSPS) is 11.1. The zero-order valence-corrected chi connectivity index (χ0v) is 18.8. The van der Waals surface area contributed by atoms with Gasteiger partial charge in [-0.1, -0.05) is 65.3 Å². The molecule has 0 aliphatic heterocycles. The summed E-state index contributed by atoms with van der Waals surface area (Å²) < 4.78 is 1.62. The molecule has 1 heterocycles. The number of thioether (sulfide) groups is 1. The molecular formula is C24H20ClN5OS. The van der Waals surface area contributed by atoms with Crippen molar-refractivity contribution in [3.8, 4) is 0 Å². The molecule has 4 aromatic rings. The second-order valence-electron chi connectivity index (χ2n) is 7.06. The predicted molar refractivity (Wildman–Crippen MR) is 130 cm³/mol. The van der Waals surface area contributed by atoms with Crippen molar-refractivity contribution < 1.29 is 4.79 Å². The highest BCUT2D eigenvalue weighted by atomic mass is 35.5. The van der Waals surface area contributed by atoms with E-state index in [1.54, 1.807) is 17.2 Å². The molecule has 0 bridgehead atoms. The number of aromatic nitrogens is 3. The molecule has 8 heteroatoms. The monoisotopic (exact) mass is 461 g/mol. The summed E-state index contributed by atoms with van der Waals surface area (Å²) in [6.07, 6.45) is 3.26. The fourth-order valence-corrected chi connectivity index (χ4v) is 3.80. The largest absolute Gasteiger partial charge is 0.322 e. The molecule has 0 spiro atoms. The Hall–Kier alpha value is -3.42. The van der Waals surface area contributed by atoms with Gasteiger partial charge in [0.2, 0.25) is 5.16 Å². The Labute approximate surface area is 195 Å². The third-order valence-corrected chi connectivity index (χ3v) is 5.83. The van der Waals surface area contributed by atoms with Gasteiger partial charge in [-0.2, -0.15) is 9.78 Å². The van der Waals surface area contributed by atoms with Crippen molar-refractivity contribution in [2.24, 2.45) is 5.10 Å².